The minimum Gasteiger partial charge on any atom is -0.454 e. The summed E-state index contributed by atoms with van der Waals surface area (Å²) in [6.45, 7) is 4.93. The summed E-state index contributed by atoms with van der Waals surface area (Å²) < 4.78 is 10.8. The molecule has 8 heteroatoms. The van der Waals surface area contributed by atoms with Crippen LogP contribution in [0.15, 0.2) is 42.5 Å². The molecule has 156 valence electrons. The largest absolute Gasteiger partial charge is 0.454 e. The third kappa shape index (κ3) is 3.83. The molecule has 1 fully saturated rings. The molecule has 1 N–H and O–H groups in total. The summed E-state index contributed by atoms with van der Waals surface area (Å²) in [6, 6.07) is 13.5. The van der Waals surface area contributed by atoms with Crippen LogP contribution in [-0.2, 0) is 16.1 Å². The number of anilines is 2. The van der Waals surface area contributed by atoms with Gasteiger partial charge in [-0.25, -0.2) is 0 Å². The lowest BCUT2D eigenvalue weighted by Crippen LogP contribution is -2.51. The van der Waals surface area contributed by atoms with E-state index < -0.39 is 0 Å². The molecule has 1 saturated heterocycles. The molecule has 0 bridgehead atoms. The zero-order valence-electron chi connectivity index (χ0n) is 16.7. The van der Waals surface area contributed by atoms with Gasteiger partial charge in [0.05, 0.1) is 17.9 Å². The first-order chi connectivity index (χ1) is 14.7. The number of ether oxygens (including phenoxy) is 2. The van der Waals surface area contributed by atoms with Crippen molar-refractivity contribution in [3.63, 3.8) is 0 Å². The van der Waals surface area contributed by atoms with E-state index in [1.54, 1.807) is 4.90 Å². The van der Waals surface area contributed by atoms with Crippen molar-refractivity contribution in [3.8, 4) is 11.5 Å². The number of rotatable bonds is 4. The maximum absolute atomic E-state index is 12.9. The molecule has 8 nitrogen and oxygen atoms in total. The Hall–Kier alpha value is -3.10. The van der Waals surface area contributed by atoms with Gasteiger partial charge in [-0.05, 0) is 29.8 Å². The number of para-hydroxylation sites is 2. The quantitative estimate of drug-likeness (QED) is 0.827. The molecule has 2 aromatic rings. The van der Waals surface area contributed by atoms with Gasteiger partial charge in [-0.2, -0.15) is 0 Å². The zero-order chi connectivity index (χ0) is 20.5. The van der Waals surface area contributed by atoms with Crippen molar-refractivity contribution in [2.75, 3.05) is 56.3 Å². The first-order valence-corrected chi connectivity index (χ1v) is 10.2. The summed E-state index contributed by atoms with van der Waals surface area (Å²) in [7, 11) is 0. The van der Waals surface area contributed by atoms with E-state index in [0.717, 1.165) is 49.9 Å². The fourth-order valence-electron chi connectivity index (χ4n) is 4.14. The van der Waals surface area contributed by atoms with E-state index in [-0.39, 0.29) is 25.2 Å². The highest BCUT2D eigenvalue weighted by Crippen LogP contribution is 2.33. The average Bonchev–Trinajstić information content (AvgIpc) is 3.22. The number of nitrogens with zero attached hydrogens (tertiary/aromatic N) is 3. The normalized spacial score (nSPS) is 18.8. The van der Waals surface area contributed by atoms with Crippen LogP contribution in [0.4, 0.5) is 11.4 Å². The molecule has 5 rings (SSSR count). The van der Waals surface area contributed by atoms with Gasteiger partial charge in [0.1, 0.15) is 6.54 Å². The van der Waals surface area contributed by atoms with E-state index in [1.807, 2.05) is 36.4 Å². The minimum atomic E-state index is -0.157. The third-order valence-electron chi connectivity index (χ3n) is 5.74. The average molecular weight is 408 g/mol. The Morgan fingerprint density at radius 2 is 1.73 bits per heavy atom. The fraction of sp³-hybridized carbons (Fsp3) is 0.364. The molecule has 2 amide bonds. The third-order valence-corrected chi connectivity index (χ3v) is 5.74. The van der Waals surface area contributed by atoms with Gasteiger partial charge in [0.25, 0.3) is 0 Å². The second kappa shape index (κ2) is 7.97. The number of amides is 2. The van der Waals surface area contributed by atoms with Crippen LogP contribution in [0.2, 0.25) is 0 Å². The van der Waals surface area contributed by atoms with Gasteiger partial charge in [-0.1, -0.05) is 18.2 Å². The van der Waals surface area contributed by atoms with Crippen molar-refractivity contribution in [2.45, 2.75) is 6.54 Å². The number of benzene rings is 2. The van der Waals surface area contributed by atoms with Crippen molar-refractivity contribution < 1.29 is 19.1 Å². The minimum absolute atomic E-state index is 0.0403. The molecular formula is C22H24N4O4. The number of hydrogen-bond acceptors (Lipinski definition) is 6. The first kappa shape index (κ1) is 18.9. The summed E-state index contributed by atoms with van der Waals surface area (Å²) in [6.07, 6.45) is 0. The van der Waals surface area contributed by atoms with E-state index >= 15 is 0 Å². The summed E-state index contributed by atoms with van der Waals surface area (Å²) >= 11 is 0. The zero-order valence-corrected chi connectivity index (χ0v) is 16.7. The maximum Gasteiger partial charge on any atom is 0.244 e. The second-order valence-corrected chi connectivity index (χ2v) is 7.79. The molecule has 2 aromatic carbocycles. The lowest BCUT2D eigenvalue weighted by atomic mass is 10.1. The number of carbonyl (C=O) groups excluding carboxylic acids is 2. The summed E-state index contributed by atoms with van der Waals surface area (Å²) in [5.74, 6) is 1.41. The molecule has 0 radical (unpaired) electrons. The van der Waals surface area contributed by atoms with Crippen LogP contribution in [0.25, 0.3) is 0 Å². The van der Waals surface area contributed by atoms with Crippen molar-refractivity contribution in [2.24, 2.45) is 0 Å². The fourth-order valence-corrected chi connectivity index (χ4v) is 4.14. The number of fused-ring (bicyclic) bond motifs is 2. The van der Waals surface area contributed by atoms with Crippen LogP contribution >= 0.6 is 0 Å². The Labute approximate surface area is 174 Å². The van der Waals surface area contributed by atoms with Gasteiger partial charge in [0.2, 0.25) is 18.6 Å². The van der Waals surface area contributed by atoms with E-state index in [4.69, 9.17) is 9.47 Å². The summed E-state index contributed by atoms with van der Waals surface area (Å²) in [4.78, 5) is 31.0. The van der Waals surface area contributed by atoms with Crippen LogP contribution in [0, 0.1) is 0 Å². The molecule has 3 aliphatic rings. The van der Waals surface area contributed by atoms with Crippen molar-refractivity contribution >= 4 is 23.2 Å². The Morgan fingerprint density at radius 3 is 2.60 bits per heavy atom. The van der Waals surface area contributed by atoms with Crippen LogP contribution in [0.3, 0.4) is 0 Å². The van der Waals surface area contributed by atoms with Gasteiger partial charge >= 0.3 is 0 Å². The van der Waals surface area contributed by atoms with E-state index in [9.17, 15) is 9.59 Å². The number of carbonyl (C=O) groups is 2. The first-order valence-electron chi connectivity index (χ1n) is 10.2. The van der Waals surface area contributed by atoms with Crippen LogP contribution < -0.4 is 19.7 Å². The molecule has 0 unspecified atom stereocenters. The SMILES string of the molecule is O=C1CN(C(=O)CN2CCN(Cc3ccc4c(c3)OCO4)CC2)c2ccccc2N1. The van der Waals surface area contributed by atoms with E-state index in [2.05, 4.69) is 21.2 Å². The number of piperazine rings is 1. The second-order valence-electron chi connectivity index (χ2n) is 7.79. The molecule has 0 spiro atoms. The van der Waals surface area contributed by atoms with Gasteiger partial charge in [0.15, 0.2) is 11.5 Å². The Morgan fingerprint density at radius 1 is 0.967 bits per heavy atom. The molecule has 0 atom stereocenters. The van der Waals surface area contributed by atoms with Crippen LogP contribution in [-0.4, -0.2) is 67.7 Å². The molecule has 0 aliphatic carbocycles. The van der Waals surface area contributed by atoms with Crippen LogP contribution in [0.5, 0.6) is 11.5 Å². The standard InChI is InChI=1S/C22H24N4O4/c27-21-13-26(18-4-2-1-3-17(18)23-21)22(28)14-25-9-7-24(8-10-25)12-16-5-6-19-20(11-16)30-15-29-19/h1-6,11H,7-10,12-15H2,(H,23,27). The maximum atomic E-state index is 12.9. The lowest BCUT2D eigenvalue weighted by Gasteiger charge is -2.36. The van der Waals surface area contributed by atoms with Gasteiger partial charge in [-0.15, -0.1) is 0 Å². The number of nitrogens with one attached hydrogen (secondary N) is 1. The molecule has 3 heterocycles. The van der Waals surface area contributed by atoms with E-state index in [0.29, 0.717) is 12.2 Å². The molecule has 30 heavy (non-hydrogen) atoms. The topological polar surface area (TPSA) is 74.4 Å². The summed E-state index contributed by atoms with van der Waals surface area (Å²) in [5.41, 5.74) is 2.65. The predicted molar refractivity (Wildman–Crippen MR) is 112 cm³/mol. The van der Waals surface area contributed by atoms with Gasteiger partial charge in [0, 0.05) is 32.7 Å². The van der Waals surface area contributed by atoms with Gasteiger partial charge < -0.3 is 14.8 Å². The highest BCUT2D eigenvalue weighted by atomic mass is 16.7. The highest BCUT2D eigenvalue weighted by Gasteiger charge is 2.28. The molecule has 3 aliphatic heterocycles. The van der Waals surface area contributed by atoms with Gasteiger partial charge in [-0.3, -0.25) is 24.3 Å². The Kier molecular flexibility index (Phi) is 5.02. The van der Waals surface area contributed by atoms with E-state index in [1.165, 1.54) is 5.56 Å². The highest BCUT2D eigenvalue weighted by molar-refractivity contribution is 6.10. The van der Waals surface area contributed by atoms with Crippen molar-refractivity contribution in [1.82, 2.24) is 9.80 Å². The molecular weight excluding hydrogens is 384 g/mol. The smallest absolute Gasteiger partial charge is 0.244 e. The monoisotopic (exact) mass is 408 g/mol. The lowest BCUT2D eigenvalue weighted by molar-refractivity contribution is -0.123. The predicted octanol–water partition coefficient (Wildman–Crippen LogP) is 1.52. The van der Waals surface area contributed by atoms with Crippen molar-refractivity contribution in [3.05, 3.63) is 48.0 Å². The molecule has 0 aromatic heterocycles. The van der Waals surface area contributed by atoms with Crippen LogP contribution in [0.1, 0.15) is 5.56 Å². The Bertz CT molecular complexity index is 971. The Balaban J connectivity index is 1.16. The molecule has 0 saturated carbocycles. The van der Waals surface area contributed by atoms with Crippen molar-refractivity contribution in [1.29, 1.82) is 0 Å². The number of hydrogen-bond donors (Lipinski definition) is 1. The summed E-state index contributed by atoms with van der Waals surface area (Å²) in [5, 5.41) is 2.82.